The molecule has 0 spiro atoms. The summed E-state index contributed by atoms with van der Waals surface area (Å²) in [5, 5.41) is 13.9. The van der Waals surface area contributed by atoms with Crippen LogP contribution >= 0.6 is 11.3 Å². The first-order valence-corrected chi connectivity index (χ1v) is 6.16. The van der Waals surface area contributed by atoms with Gasteiger partial charge in [-0.1, -0.05) is 13.3 Å². The SMILES string of the molecule is CCC1CN(CC(O)c2ccsc2)C1. The van der Waals surface area contributed by atoms with E-state index in [4.69, 9.17) is 0 Å². The first kappa shape index (κ1) is 10.1. The van der Waals surface area contributed by atoms with E-state index in [1.807, 2.05) is 16.8 Å². The van der Waals surface area contributed by atoms with Crippen LogP contribution in [0.4, 0.5) is 0 Å². The Labute approximate surface area is 89.2 Å². The molecule has 0 aromatic carbocycles. The Bertz CT molecular complexity index is 267. The third-order valence-electron chi connectivity index (χ3n) is 2.97. The van der Waals surface area contributed by atoms with Gasteiger partial charge in [0, 0.05) is 19.6 Å². The monoisotopic (exact) mass is 211 g/mol. The zero-order chi connectivity index (χ0) is 9.97. The molecule has 3 heteroatoms. The minimum absolute atomic E-state index is 0.293. The Morgan fingerprint density at radius 3 is 3.00 bits per heavy atom. The van der Waals surface area contributed by atoms with Crippen molar-refractivity contribution in [2.45, 2.75) is 19.4 Å². The number of likely N-dealkylation sites (tertiary alicyclic amines) is 1. The summed E-state index contributed by atoms with van der Waals surface area (Å²) in [4.78, 5) is 2.33. The molecule has 2 heterocycles. The molecule has 2 nitrogen and oxygen atoms in total. The van der Waals surface area contributed by atoms with Crippen LogP contribution in [0.25, 0.3) is 0 Å². The Morgan fingerprint density at radius 1 is 1.64 bits per heavy atom. The van der Waals surface area contributed by atoms with Crippen LogP contribution in [0.15, 0.2) is 16.8 Å². The summed E-state index contributed by atoms with van der Waals surface area (Å²) in [6.45, 7) is 5.36. The number of β-amino-alcohol motifs (C(OH)–C–C–N with tert-alkyl or cyclic N) is 1. The summed E-state index contributed by atoms with van der Waals surface area (Å²) in [6, 6.07) is 2.01. The van der Waals surface area contributed by atoms with Crippen LogP contribution in [0.5, 0.6) is 0 Å². The highest BCUT2D eigenvalue weighted by Gasteiger charge is 2.26. The molecule has 1 fully saturated rings. The molecule has 0 saturated carbocycles. The predicted octanol–water partition coefficient (Wildman–Crippen LogP) is 2.12. The topological polar surface area (TPSA) is 23.5 Å². The summed E-state index contributed by atoms with van der Waals surface area (Å²) in [6.07, 6.45) is 0.976. The van der Waals surface area contributed by atoms with Crippen molar-refractivity contribution in [3.8, 4) is 0 Å². The summed E-state index contributed by atoms with van der Waals surface area (Å²) < 4.78 is 0. The lowest BCUT2D eigenvalue weighted by Crippen LogP contribution is -2.47. The van der Waals surface area contributed by atoms with Crippen molar-refractivity contribution in [3.05, 3.63) is 22.4 Å². The first-order chi connectivity index (χ1) is 6.79. The lowest BCUT2D eigenvalue weighted by Gasteiger charge is -2.39. The maximum atomic E-state index is 9.87. The Hall–Kier alpha value is -0.380. The third-order valence-corrected chi connectivity index (χ3v) is 3.67. The van der Waals surface area contributed by atoms with E-state index in [0.29, 0.717) is 0 Å². The van der Waals surface area contributed by atoms with Gasteiger partial charge in [-0.3, -0.25) is 4.90 Å². The second-order valence-electron chi connectivity index (χ2n) is 4.07. The highest BCUT2D eigenvalue weighted by atomic mass is 32.1. The summed E-state index contributed by atoms with van der Waals surface area (Å²) in [7, 11) is 0. The van der Waals surface area contributed by atoms with E-state index in [1.165, 1.54) is 6.42 Å². The number of aliphatic hydroxyl groups is 1. The fourth-order valence-corrected chi connectivity index (χ4v) is 2.61. The van der Waals surface area contributed by atoms with Crippen LogP contribution in [-0.2, 0) is 0 Å². The largest absolute Gasteiger partial charge is 0.387 e. The summed E-state index contributed by atoms with van der Waals surface area (Å²) in [5.74, 6) is 0.865. The van der Waals surface area contributed by atoms with Crippen LogP contribution in [0, 0.1) is 5.92 Å². The molecular formula is C11H17NOS. The normalized spacial score (nSPS) is 20.7. The van der Waals surface area contributed by atoms with Gasteiger partial charge in [-0.2, -0.15) is 11.3 Å². The van der Waals surface area contributed by atoms with Crippen LogP contribution < -0.4 is 0 Å². The van der Waals surface area contributed by atoms with Gasteiger partial charge in [0.15, 0.2) is 0 Å². The second-order valence-corrected chi connectivity index (χ2v) is 4.85. The van der Waals surface area contributed by atoms with E-state index in [1.54, 1.807) is 11.3 Å². The van der Waals surface area contributed by atoms with Crippen LogP contribution in [0.1, 0.15) is 25.0 Å². The van der Waals surface area contributed by atoms with Gasteiger partial charge in [-0.15, -0.1) is 0 Å². The molecule has 2 rings (SSSR count). The summed E-state index contributed by atoms with van der Waals surface area (Å²) in [5.41, 5.74) is 1.06. The zero-order valence-electron chi connectivity index (χ0n) is 8.52. The van der Waals surface area contributed by atoms with Gasteiger partial charge in [0.1, 0.15) is 0 Å². The fourth-order valence-electron chi connectivity index (χ4n) is 1.90. The van der Waals surface area contributed by atoms with E-state index in [9.17, 15) is 5.11 Å². The Morgan fingerprint density at radius 2 is 2.43 bits per heavy atom. The second kappa shape index (κ2) is 4.43. The Kier molecular flexibility index (Phi) is 3.21. The highest BCUT2D eigenvalue weighted by molar-refractivity contribution is 7.07. The van der Waals surface area contributed by atoms with Crippen LogP contribution in [0.3, 0.4) is 0 Å². The van der Waals surface area contributed by atoms with Gasteiger partial charge in [0.25, 0.3) is 0 Å². The van der Waals surface area contributed by atoms with Crippen molar-refractivity contribution >= 4 is 11.3 Å². The van der Waals surface area contributed by atoms with Crippen molar-refractivity contribution in [1.29, 1.82) is 0 Å². The van der Waals surface area contributed by atoms with Gasteiger partial charge in [0.05, 0.1) is 6.10 Å². The number of hydrogen-bond acceptors (Lipinski definition) is 3. The molecule has 1 unspecified atom stereocenters. The molecule has 0 amide bonds. The molecule has 1 aromatic heterocycles. The van der Waals surface area contributed by atoms with Gasteiger partial charge in [-0.05, 0) is 28.3 Å². The van der Waals surface area contributed by atoms with Crippen LogP contribution in [0.2, 0.25) is 0 Å². The number of hydrogen-bond donors (Lipinski definition) is 1. The van der Waals surface area contributed by atoms with Crippen molar-refractivity contribution in [2.24, 2.45) is 5.92 Å². The standard InChI is InChI=1S/C11H17NOS/c1-2-9-5-12(6-9)7-11(13)10-3-4-14-8-10/h3-4,8-9,11,13H,2,5-7H2,1H3. The zero-order valence-corrected chi connectivity index (χ0v) is 9.33. The van der Waals surface area contributed by atoms with Gasteiger partial charge in [0.2, 0.25) is 0 Å². The minimum Gasteiger partial charge on any atom is -0.387 e. The van der Waals surface area contributed by atoms with Gasteiger partial charge < -0.3 is 5.11 Å². The molecule has 1 aromatic rings. The summed E-state index contributed by atoms with van der Waals surface area (Å²) >= 11 is 1.65. The highest BCUT2D eigenvalue weighted by Crippen LogP contribution is 2.23. The molecule has 1 aliphatic heterocycles. The maximum absolute atomic E-state index is 9.87. The molecular weight excluding hydrogens is 194 g/mol. The van der Waals surface area contributed by atoms with E-state index in [-0.39, 0.29) is 6.10 Å². The van der Waals surface area contributed by atoms with Crippen molar-refractivity contribution in [3.63, 3.8) is 0 Å². The van der Waals surface area contributed by atoms with Crippen LogP contribution in [-0.4, -0.2) is 29.6 Å². The lowest BCUT2D eigenvalue weighted by atomic mass is 9.96. The quantitative estimate of drug-likeness (QED) is 0.824. The van der Waals surface area contributed by atoms with Crippen molar-refractivity contribution < 1.29 is 5.11 Å². The third kappa shape index (κ3) is 2.16. The molecule has 1 aliphatic rings. The minimum atomic E-state index is -0.293. The number of nitrogens with zero attached hydrogens (tertiary/aromatic N) is 1. The molecule has 14 heavy (non-hydrogen) atoms. The lowest BCUT2D eigenvalue weighted by molar-refractivity contribution is 0.0385. The van der Waals surface area contributed by atoms with E-state index in [0.717, 1.165) is 31.1 Å². The molecule has 1 N–H and O–H groups in total. The van der Waals surface area contributed by atoms with Gasteiger partial charge in [-0.25, -0.2) is 0 Å². The number of aliphatic hydroxyl groups excluding tert-OH is 1. The van der Waals surface area contributed by atoms with E-state index in [2.05, 4.69) is 11.8 Å². The van der Waals surface area contributed by atoms with E-state index < -0.39 is 0 Å². The predicted molar refractivity (Wildman–Crippen MR) is 59.5 cm³/mol. The number of rotatable bonds is 4. The van der Waals surface area contributed by atoms with Crippen molar-refractivity contribution in [2.75, 3.05) is 19.6 Å². The molecule has 1 atom stereocenters. The first-order valence-electron chi connectivity index (χ1n) is 5.22. The maximum Gasteiger partial charge on any atom is 0.0924 e. The molecule has 0 bridgehead atoms. The fraction of sp³-hybridized carbons (Fsp3) is 0.636. The van der Waals surface area contributed by atoms with E-state index >= 15 is 0 Å². The average molecular weight is 211 g/mol. The molecule has 0 radical (unpaired) electrons. The number of thiophene rings is 1. The average Bonchev–Trinajstić information content (AvgIpc) is 2.62. The van der Waals surface area contributed by atoms with Crippen molar-refractivity contribution in [1.82, 2.24) is 4.90 Å². The molecule has 78 valence electrons. The van der Waals surface area contributed by atoms with Gasteiger partial charge >= 0.3 is 0 Å². The Balaban J connectivity index is 1.77. The smallest absolute Gasteiger partial charge is 0.0924 e. The molecule has 0 aliphatic carbocycles. The molecule has 1 saturated heterocycles.